The molecular formula is C29H31N5O4S. The number of nitrogens with zero attached hydrogens (tertiary/aromatic N) is 3. The van der Waals surface area contributed by atoms with Gasteiger partial charge in [-0.15, -0.1) is 0 Å². The second kappa shape index (κ2) is 10.9. The number of rotatable bonds is 8. The molecule has 202 valence electrons. The number of Topliss-reactive ketones (excluding diaryl/α,β-unsaturated/α-hetero) is 1. The van der Waals surface area contributed by atoms with Crippen LogP contribution in [0.25, 0.3) is 10.9 Å². The summed E-state index contributed by atoms with van der Waals surface area (Å²) in [5.41, 5.74) is 2.80. The van der Waals surface area contributed by atoms with Gasteiger partial charge in [-0.25, -0.2) is 13.4 Å². The minimum atomic E-state index is -3.53. The molecule has 1 aliphatic heterocycles. The smallest absolute Gasteiger partial charge is 0.229 e. The Morgan fingerprint density at radius 1 is 0.897 bits per heavy atom. The minimum absolute atomic E-state index is 0.217. The fourth-order valence-electron chi connectivity index (χ4n) is 4.54. The Hall–Kier alpha value is -4.18. The van der Waals surface area contributed by atoms with Gasteiger partial charge in [-0.2, -0.15) is 4.98 Å². The lowest BCUT2D eigenvalue weighted by molar-refractivity contribution is -0.119. The second-order valence-corrected chi connectivity index (χ2v) is 12.1. The summed E-state index contributed by atoms with van der Waals surface area (Å²) < 4.78 is 31.7. The van der Waals surface area contributed by atoms with Crippen LogP contribution in [0.1, 0.15) is 26.7 Å². The molecule has 1 saturated heterocycles. The number of fused-ring (bicyclic) bond motifs is 1. The number of carbonyl (C=O) groups excluding carboxylic acids is 1. The fraction of sp³-hybridized carbons (Fsp3) is 0.276. The van der Waals surface area contributed by atoms with Gasteiger partial charge in [0.1, 0.15) is 17.4 Å². The van der Waals surface area contributed by atoms with E-state index in [1.165, 1.54) is 0 Å². The minimum Gasteiger partial charge on any atom is -0.494 e. The normalized spacial score (nSPS) is 14.1. The van der Waals surface area contributed by atoms with Crippen LogP contribution < -0.4 is 20.3 Å². The Bertz CT molecular complexity index is 1630. The molecule has 5 rings (SSSR count). The van der Waals surface area contributed by atoms with Crippen molar-refractivity contribution < 1.29 is 17.9 Å². The number of carbonyl (C=O) groups is 1. The van der Waals surface area contributed by atoms with E-state index in [1.807, 2.05) is 42.5 Å². The summed E-state index contributed by atoms with van der Waals surface area (Å²) in [6.45, 7) is 4.70. The molecule has 0 unspecified atom stereocenters. The third-order valence-corrected chi connectivity index (χ3v) is 9.00. The van der Waals surface area contributed by atoms with Crippen LogP contribution in [-0.2, 0) is 14.6 Å². The van der Waals surface area contributed by atoms with Gasteiger partial charge in [0.2, 0.25) is 5.95 Å². The average Bonchev–Trinajstić information content (AvgIpc) is 2.94. The molecule has 3 aromatic carbocycles. The maximum atomic E-state index is 13.0. The highest BCUT2D eigenvalue weighted by molar-refractivity contribution is 7.92. The summed E-state index contributed by atoms with van der Waals surface area (Å²) in [4.78, 5) is 23.4. The van der Waals surface area contributed by atoms with Crippen LogP contribution in [0, 0.1) is 0 Å². The standard InChI is InChI=1S/C29H31N5O4S/c1-19(2)39(36,37)27-11-7-6-10-25(27)30-28-22-8-4-5-9-23(22)31-29(33-28)32-24-13-12-20(18-26(24)38-3)34-16-14-21(35)15-17-34/h4-13,18-19H,14-17H2,1-3H3,(H2,30,31,32,33). The molecular weight excluding hydrogens is 514 g/mol. The van der Waals surface area contributed by atoms with Crippen molar-refractivity contribution in [2.24, 2.45) is 0 Å². The van der Waals surface area contributed by atoms with Crippen molar-refractivity contribution in [1.82, 2.24) is 9.97 Å². The summed E-state index contributed by atoms with van der Waals surface area (Å²) in [5, 5.41) is 6.70. The molecule has 4 aromatic rings. The van der Waals surface area contributed by atoms with Crippen molar-refractivity contribution in [3.05, 3.63) is 66.7 Å². The number of aromatic nitrogens is 2. The van der Waals surface area contributed by atoms with Crippen LogP contribution in [0.5, 0.6) is 5.75 Å². The molecule has 0 atom stereocenters. The van der Waals surface area contributed by atoms with Gasteiger partial charge in [0.05, 0.1) is 34.1 Å². The van der Waals surface area contributed by atoms with E-state index in [9.17, 15) is 13.2 Å². The predicted molar refractivity (Wildman–Crippen MR) is 154 cm³/mol. The van der Waals surface area contributed by atoms with Gasteiger partial charge in [0, 0.05) is 43.1 Å². The highest BCUT2D eigenvalue weighted by Gasteiger charge is 2.23. The van der Waals surface area contributed by atoms with Gasteiger partial charge in [0.15, 0.2) is 9.84 Å². The van der Waals surface area contributed by atoms with Crippen molar-refractivity contribution in [2.45, 2.75) is 36.8 Å². The van der Waals surface area contributed by atoms with E-state index in [-0.39, 0.29) is 4.90 Å². The number of benzene rings is 3. The molecule has 39 heavy (non-hydrogen) atoms. The van der Waals surface area contributed by atoms with Gasteiger partial charge in [-0.05, 0) is 50.2 Å². The molecule has 0 spiro atoms. The largest absolute Gasteiger partial charge is 0.494 e. The Morgan fingerprint density at radius 3 is 2.36 bits per heavy atom. The van der Waals surface area contributed by atoms with E-state index in [4.69, 9.17) is 9.72 Å². The first-order chi connectivity index (χ1) is 18.8. The number of hydrogen-bond acceptors (Lipinski definition) is 9. The number of piperidine rings is 1. The maximum Gasteiger partial charge on any atom is 0.229 e. The van der Waals surface area contributed by atoms with Crippen LogP contribution in [0.4, 0.5) is 28.8 Å². The van der Waals surface area contributed by atoms with E-state index >= 15 is 0 Å². The number of sulfone groups is 1. The average molecular weight is 546 g/mol. The number of ketones is 1. The SMILES string of the molecule is COc1cc(N2CCC(=O)CC2)ccc1Nc1nc(Nc2ccccc2S(=O)(=O)C(C)C)c2ccccc2n1. The van der Waals surface area contributed by atoms with Crippen LogP contribution >= 0.6 is 0 Å². The number of ether oxygens (including phenoxy) is 1. The topological polar surface area (TPSA) is 114 Å². The monoisotopic (exact) mass is 545 g/mol. The lowest BCUT2D eigenvalue weighted by Gasteiger charge is -2.28. The van der Waals surface area contributed by atoms with E-state index in [0.717, 1.165) is 11.1 Å². The van der Waals surface area contributed by atoms with Gasteiger partial charge in [-0.1, -0.05) is 24.3 Å². The lowest BCUT2D eigenvalue weighted by atomic mass is 10.1. The first-order valence-electron chi connectivity index (χ1n) is 12.8. The Labute approximate surface area is 228 Å². The number of anilines is 5. The van der Waals surface area contributed by atoms with E-state index in [1.54, 1.807) is 45.2 Å². The molecule has 1 aliphatic rings. The predicted octanol–water partition coefficient (Wildman–Crippen LogP) is 5.48. The van der Waals surface area contributed by atoms with Crippen LogP contribution in [-0.4, -0.2) is 49.6 Å². The highest BCUT2D eigenvalue weighted by Crippen LogP contribution is 2.34. The summed E-state index contributed by atoms with van der Waals surface area (Å²) >= 11 is 0. The van der Waals surface area contributed by atoms with Crippen molar-refractivity contribution >= 4 is 55.4 Å². The third-order valence-electron chi connectivity index (χ3n) is 6.79. The molecule has 0 amide bonds. The van der Waals surface area contributed by atoms with Crippen LogP contribution in [0.2, 0.25) is 0 Å². The quantitative estimate of drug-likeness (QED) is 0.297. The molecule has 2 N–H and O–H groups in total. The molecule has 1 aromatic heterocycles. The third kappa shape index (κ3) is 5.51. The highest BCUT2D eigenvalue weighted by atomic mass is 32.2. The summed E-state index contributed by atoms with van der Waals surface area (Å²) in [5.74, 6) is 1.71. The van der Waals surface area contributed by atoms with E-state index in [0.29, 0.717) is 66.1 Å². The fourth-order valence-corrected chi connectivity index (χ4v) is 5.74. The van der Waals surface area contributed by atoms with Crippen molar-refractivity contribution in [2.75, 3.05) is 35.7 Å². The van der Waals surface area contributed by atoms with Gasteiger partial charge in [-0.3, -0.25) is 4.79 Å². The first-order valence-corrected chi connectivity index (χ1v) is 14.4. The molecule has 10 heteroatoms. The zero-order chi connectivity index (χ0) is 27.6. The maximum absolute atomic E-state index is 13.0. The second-order valence-electron chi connectivity index (χ2n) is 9.66. The van der Waals surface area contributed by atoms with E-state index < -0.39 is 15.1 Å². The molecule has 2 heterocycles. The molecule has 0 bridgehead atoms. The zero-order valence-corrected chi connectivity index (χ0v) is 23.0. The van der Waals surface area contributed by atoms with Crippen molar-refractivity contribution in [3.8, 4) is 5.75 Å². The van der Waals surface area contributed by atoms with Crippen molar-refractivity contribution in [1.29, 1.82) is 0 Å². The molecule has 0 radical (unpaired) electrons. The number of hydrogen-bond donors (Lipinski definition) is 2. The molecule has 9 nitrogen and oxygen atoms in total. The Kier molecular flexibility index (Phi) is 7.38. The van der Waals surface area contributed by atoms with Crippen LogP contribution in [0.3, 0.4) is 0 Å². The number of methoxy groups -OCH3 is 1. The van der Waals surface area contributed by atoms with Gasteiger partial charge < -0.3 is 20.3 Å². The first kappa shape index (κ1) is 26.4. The number of para-hydroxylation sites is 2. The molecule has 0 aliphatic carbocycles. The Morgan fingerprint density at radius 2 is 1.62 bits per heavy atom. The van der Waals surface area contributed by atoms with Crippen LogP contribution in [0.15, 0.2) is 71.6 Å². The molecule has 0 saturated carbocycles. The zero-order valence-electron chi connectivity index (χ0n) is 22.1. The lowest BCUT2D eigenvalue weighted by Crippen LogP contribution is -2.33. The molecule has 1 fully saturated rings. The van der Waals surface area contributed by atoms with E-state index in [2.05, 4.69) is 20.5 Å². The summed E-state index contributed by atoms with van der Waals surface area (Å²) in [6.07, 6.45) is 1.09. The summed E-state index contributed by atoms with van der Waals surface area (Å²) in [6, 6.07) is 20.2. The number of nitrogens with one attached hydrogen (secondary N) is 2. The Balaban J connectivity index is 1.50. The van der Waals surface area contributed by atoms with Crippen molar-refractivity contribution in [3.63, 3.8) is 0 Å². The summed E-state index contributed by atoms with van der Waals surface area (Å²) in [7, 11) is -1.92. The van der Waals surface area contributed by atoms with Gasteiger partial charge >= 0.3 is 0 Å². The van der Waals surface area contributed by atoms with Gasteiger partial charge in [0.25, 0.3) is 0 Å².